The average molecular weight is 230 g/mol. The van der Waals surface area contributed by atoms with Gasteiger partial charge in [-0.25, -0.2) is 0 Å². The van der Waals surface area contributed by atoms with Crippen LogP contribution >= 0.6 is 0 Å². The first-order valence-electron chi connectivity index (χ1n) is 6.38. The van der Waals surface area contributed by atoms with Crippen LogP contribution in [0.1, 0.15) is 24.8 Å². The molecule has 17 heavy (non-hydrogen) atoms. The van der Waals surface area contributed by atoms with Crippen molar-refractivity contribution in [2.24, 2.45) is 17.8 Å². The molecule has 3 nitrogen and oxygen atoms in total. The second-order valence-electron chi connectivity index (χ2n) is 5.20. The van der Waals surface area contributed by atoms with E-state index >= 15 is 0 Å². The fourth-order valence-electron chi connectivity index (χ4n) is 3.21. The molecule has 2 atom stereocenters. The van der Waals surface area contributed by atoms with Crippen molar-refractivity contribution < 1.29 is 4.79 Å². The standard InChI is InChI=1S/C14H18N2O/c15-12-7-2-1-4-9(12)8-16-14(17)13-10-5-3-6-11(10)13/h1-2,4,7,10-11,13H,3,5-6,8,15H2,(H,16,17). The fraction of sp³-hybridized carbons (Fsp3) is 0.500. The number of carbonyl (C=O) groups excluding carboxylic acids is 1. The van der Waals surface area contributed by atoms with Crippen molar-refractivity contribution in [1.29, 1.82) is 0 Å². The van der Waals surface area contributed by atoms with Crippen LogP contribution in [0.3, 0.4) is 0 Å². The number of para-hydroxylation sites is 1. The number of carbonyl (C=O) groups is 1. The quantitative estimate of drug-likeness (QED) is 0.780. The lowest BCUT2D eigenvalue weighted by Crippen LogP contribution is -2.26. The number of rotatable bonds is 3. The molecule has 2 saturated carbocycles. The van der Waals surface area contributed by atoms with Crippen LogP contribution in [-0.4, -0.2) is 5.91 Å². The Hall–Kier alpha value is -1.51. The monoisotopic (exact) mass is 230 g/mol. The Morgan fingerprint density at radius 1 is 1.29 bits per heavy atom. The molecule has 0 saturated heterocycles. The zero-order valence-electron chi connectivity index (χ0n) is 9.86. The highest BCUT2D eigenvalue weighted by atomic mass is 16.2. The van der Waals surface area contributed by atoms with Crippen LogP contribution in [0.5, 0.6) is 0 Å². The van der Waals surface area contributed by atoms with E-state index in [-0.39, 0.29) is 5.91 Å². The van der Waals surface area contributed by atoms with Gasteiger partial charge in [-0.15, -0.1) is 0 Å². The third-order valence-corrected chi connectivity index (χ3v) is 4.22. The summed E-state index contributed by atoms with van der Waals surface area (Å²) in [5, 5.41) is 3.01. The van der Waals surface area contributed by atoms with E-state index < -0.39 is 0 Å². The van der Waals surface area contributed by atoms with Gasteiger partial charge >= 0.3 is 0 Å². The lowest BCUT2D eigenvalue weighted by atomic mass is 10.1. The summed E-state index contributed by atoms with van der Waals surface area (Å²) in [5.41, 5.74) is 7.60. The molecule has 3 N–H and O–H groups in total. The lowest BCUT2D eigenvalue weighted by Gasteiger charge is -2.08. The Morgan fingerprint density at radius 3 is 2.71 bits per heavy atom. The minimum atomic E-state index is 0.225. The third-order valence-electron chi connectivity index (χ3n) is 4.22. The average Bonchev–Trinajstić information content (AvgIpc) is 2.82. The minimum Gasteiger partial charge on any atom is -0.398 e. The maximum atomic E-state index is 12.0. The summed E-state index contributed by atoms with van der Waals surface area (Å²) in [6, 6.07) is 7.69. The largest absolute Gasteiger partial charge is 0.398 e. The number of nitrogen functional groups attached to an aromatic ring is 1. The molecule has 0 radical (unpaired) electrons. The second kappa shape index (κ2) is 4.06. The number of nitrogens with two attached hydrogens (primary N) is 1. The SMILES string of the molecule is Nc1ccccc1CNC(=O)C1C2CCCC21. The van der Waals surface area contributed by atoms with Gasteiger partial charge in [-0.1, -0.05) is 24.6 Å². The first-order chi connectivity index (χ1) is 8.27. The highest BCUT2D eigenvalue weighted by Crippen LogP contribution is 2.57. The number of benzene rings is 1. The first-order valence-corrected chi connectivity index (χ1v) is 6.38. The van der Waals surface area contributed by atoms with Crippen LogP contribution in [0.4, 0.5) is 5.69 Å². The van der Waals surface area contributed by atoms with E-state index in [1.165, 1.54) is 19.3 Å². The molecule has 2 aliphatic carbocycles. The van der Waals surface area contributed by atoms with E-state index in [9.17, 15) is 4.79 Å². The zero-order chi connectivity index (χ0) is 11.8. The maximum Gasteiger partial charge on any atom is 0.223 e. The summed E-state index contributed by atoms with van der Waals surface area (Å²) in [4.78, 5) is 12.0. The summed E-state index contributed by atoms with van der Waals surface area (Å²) in [6.45, 7) is 0.557. The van der Waals surface area contributed by atoms with Gasteiger partial charge in [-0.05, 0) is 36.3 Å². The first kappa shape index (κ1) is 10.6. The minimum absolute atomic E-state index is 0.225. The second-order valence-corrected chi connectivity index (χ2v) is 5.20. The van der Waals surface area contributed by atoms with Crippen LogP contribution in [0, 0.1) is 17.8 Å². The Morgan fingerprint density at radius 2 is 2.00 bits per heavy atom. The van der Waals surface area contributed by atoms with Crippen molar-refractivity contribution in [1.82, 2.24) is 5.32 Å². The van der Waals surface area contributed by atoms with Gasteiger partial charge in [0.1, 0.15) is 0 Å². The molecule has 1 aromatic carbocycles. The van der Waals surface area contributed by atoms with Gasteiger partial charge in [0, 0.05) is 18.2 Å². The van der Waals surface area contributed by atoms with E-state index in [0.29, 0.717) is 24.3 Å². The zero-order valence-corrected chi connectivity index (χ0v) is 9.86. The topological polar surface area (TPSA) is 55.1 Å². The highest BCUT2D eigenvalue weighted by Gasteiger charge is 2.56. The molecule has 90 valence electrons. The van der Waals surface area contributed by atoms with Gasteiger partial charge < -0.3 is 11.1 Å². The molecular formula is C14H18N2O. The van der Waals surface area contributed by atoms with Crippen LogP contribution in [0.2, 0.25) is 0 Å². The Kier molecular flexibility index (Phi) is 2.54. The van der Waals surface area contributed by atoms with E-state index in [1.54, 1.807) is 0 Å². The Labute approximate surface area is 101 Å². The van der Waals surface area contributed by atoms with Crippen molar-refractivity contribution in [3.63, 3.8) is 0 Å². The van der Waals surface area contributed by atoms with Gasteiger partial charge in [-0.3, -0.25) is 4.79 Å². The van der Waals surface area contributed by atoms with E-state index in [0.717, 1.165) is 11.3 Å². The van der Waals surface area contributed by atoms with Gasteiger partial charge in [0.15, 0.2) is 0 Å². The number of amides is 1. The molecule has 0 spiro atoms. The van der Waals surface area contributed by atoms with Crippen molar-refractivity contribution >= 4 is 11.6 Å². The number of nitrogens with one attached hydrogen (secondary N) is 1. The van der Waals surface area contributed by atoms with Gasteiger partial charge in [-0.2, -0.15) is 0 Å². The van der Waals surface area contributed by atoms with Crippen LogP contribution < -0.4 is 11.1 Å². The molecular weight excluding hydrogens is 212 g/mol. The van der Waals surface area contributed by atoms with Crippen LogP contribution in [-0.2, 0) is 11.3 Å². The molecule has 0 heterocycles. The normalized spacial score (nSPS) is 29.8. The van der Waals surface area contributed by atoms with E-state index in [1.807, 2.05) is 24.3 Å². The number of fused-ring (bicyclic) bond motifs is 1. The number of anilines is 1. The van der Waals surface area contributed by atoms with Crippen LogP contribution in [0.25, 0.3) is 0 Å². The van der Waals surface area contributed by atoms with Gasteiger partial charge in [0.25, 0.3) is 0 Å². The van der Waals surface area contributed by atoms with Crippen LogP contribution in [0.15, 0.2) is 24.3 Å². The fourth-order valence-corrected chi connectivity index (χ4v) is 3.21. The summed E-state index contributed by atoms with van der Waals surface area (Å²) in [5.74, 6) is 1.89. The molecule has 1 aromatic rings. The molecule has 2 aliphatic rings. The molecule has 1 amide bonds. The lowest BCUT2D eigenvalue weighted by molar-refractivity contribution is -0.123. The number of hydrogen-bond donors (Lipinski definition) is 2. The van der Waals surface area contributed by atoms with Gasteiger partial charge in [0.2, 0.25) is 5.91 Å². The smallest absolute Gasteiger partial charge is 0.223 e. The summed E-state index contributed by atoms with van der Waals surface area (Å²) in [7, 11) is 0. The predicted octanol–water partition coefficient (Wildman–Crippen LogP) is 1.93. The Balaban J connectivity index is 1.55. The van der Waals surface area contributed by atoms with E-state index in [4.69, 9.17) is 5.73 Å². The third kappa shape index (κ3) is 1.90. The molecule has 2 fully saturated rings. The summed E-state index contributed by atoms with van der Waals surface area (Å²) < 4.78 is 0. The number of hydrogen-bond acceptors (Lipinski definition) is 2. The van der Waals surface area contributed by atoms with Crippen molar-refractivity contribution in [2.45, 2.75) is 25.8 Å². The molecule has 2 unspecified atom stereocenters. The maximum absolute atomic E-state index is 12.0. The molecule has 3 heteroatoms. The summed E-state index contributed by atoms with van der Waals surface area (Å²) in [6.07, 6.45) is 3.80. The highest BCUT2D eigenvalue weighted by molar-refractivity contribution is 5.82. The molecule has 0 aromatic heterocycles. The summed E-state index contributed by atoms with van der Waals surface area (Å²) >= 11 is 0. The van der Waals surface area contributed by atoms with Crippen molar-refractivity contribution in [3.8, 4) is 0 Å². The molecule has 0 aliphatic heterocycles. The van der Waals surface area contributed by atoms with Crippen molar-refractivity contribution in [3.05, 3.63) is 29.8 Å². The Bertz CT molecular complexity index is 434. The molecule has 3 rings (SSSR count). The van der Waals surface area contributed by atoms with E-state index in [2.05, 4.69) is 5.32 Å². The van der Waals surface area contributed by atoms with Crippen molar-refractivity contribution in [2.75, 3.05) is 5.73 Å². The molecule has 0 bridgehead atoms. The van der Waals surface area contributed by atoms with Gasteiger partial charge in [0.05, 0.1) is 0 Å². The predicted molar refractivity (Wildman–Crippen MR) is 67.0 cm³/mol.